The number of esters is 2. The zero-order valence-corrected chi connectivity index (χ0v) is 33.9. The van der Waals surface area contributed by atoms with Crippen LogP contribution in [0.25, 0.3) is 0 Å². The van der Waals surface area contributed by atoms with Gasteiger partial charge < -0.3 is 24.6 Å². The summed E-state index contributed by atoms with van der Waals surface area (Å²) in [4.78, 5) is 34.8. The molecule has 0 aliphatic rings. The second-order valence-electron chi connectivity index (χ2n) is 13.3. The highest BCUT2D eigenvalue weighted by atomic mass is 31.2. The van der Waals surface area contributed by atoms with E-state index in [-0.39, 0.29) is 19.4 Å². The van der Waals surface area contributed by atoms with Gasteiger partial charge in [0.2, 0.25) is 0 Å². The summed E-state index contributed by atoms with van der Waals surface area (Å²) in [7, 11) is -4.64. The highest BCUT2D eigenvalue weighted by Gasteiger charge is 2.27. The maximum atomic E-state index is 12.5. The number of hydrogen-bond acceptors (Lipinski definition) is 9. The minimum atomic E-state index is -4.64. The zero-order valence-electron chi connectivity index (χ0n) is 33.0. The fraction of sp³-hybridized carbons (Fsp3) is 0.714. The van der Waals surface area contributed by atoms with Gasteiger partial charge in [0.25, 0.3) is 0 Å². The molecule has 3 atom stereocenters. The van der Waals surface area contributed by atoms with E-state index in [1.54, 1.807) is 0 Å². The first-order chi connectivity index (χ1) is 25.7. The highest BCUT2D eigenvalue weighted by molar-refractivity contribution is 7.47. The van der Waals surface area contributed by atoms with E-state index in [2.05, 4.69) is 60.9 Å². The van der Waals surface area contributed by atoms with Crippen molar-refractivity contribution in [3.8, 4) is 0 Å². The molecular weight excluding hydrogens is 695 g/mol. The molecule has 3 N–H and O–H groups in total. The molecule has 0 amide bonds. The van der Waals surface area contributed by atoms with Crippen molar-refractivity contribution < 1.29 is 47.8 Å². The summed E-state index contributed by atoms with van der Waals surface area (Å²) in [6.45, 7) is 2.22. The van der Waals surface area contributed by atoms with E-state index in [1.165, 1.54) is 77.0 Å². The molecule has 306 valence electrons. The Morgan fingerprint density at radius 2 is 1.02 bits per heavy atom. The van der Waals surface area contributed by atoms with Gasteiger partial charge in [0.05, 0.1) is 19.8 Å². The maximum absolute atomic E-state index is 12.5. The van der Waals surface area contributed by atoms with E-state index in [0.29, 0.717) is 19.3 Å². The number of carbonyl (C=O) groups is 2. The maximum Gasteiger partial charge on any atom is 0.472 e. The number of hydrogen-bond donors (Lipinski definition) is 3. The van der Waals surface area contributed by atoms with Crippen LogP contribution in [0.5, 0.6) is 0 Å². The normalized spacial score (nSPS) is 14.6. The van der Waals surface area contributed by atoms with Crippen LogP contribution in [0.1, 0.15) is 155 Å². The fourth-order valence-corrected chi connectivity index (χ4v) is 5.79. The summed E-state index contributed by atoms with van der Waals surface area (Å²) >= 11 is 0. The highest BCUT2D eigenvalue weighted by Crippen LogP contribution is 2.43. The molecule has 0 aliphatic carbocycles. The summed E-state index contributed by atoms with van der Waals surface area (Å²) in [5.74, 6) is -1.07. The van der Waals surface area contributed by atoms with Gasteiger partial charge in [-0.15, -0.1) is 0 Å². The van der Waals surface area contributed by atoms with Crippen LogP contribution >= 0.6 is 7.82 Å². The van der Waals surface area contributed by atoms with Crippen molar-refractivity contribution in [2.24, 2.45) is 0 Å². The van der Waals surface area contributed by atoms with Crippen LogP contribution in [-0.2, 0) is 32.7 Å². The van der Waals surface area contributed by atoms with Crippen molar-refractivity contribution in [1.29, 1.82) is 0 Å². The Morgan fingerprint density at radius 1 is 0.566 bits per heavy atom. The Kier molecular flexibility index (Phi) is 36.3. The van der Waals surface area contributed by atoms with Crippen molar-refractivity contribution in [2.45, 2.75) is 167 Å². The molecule has 0 saturated heterocycles. The number of phosphoric ester groups is 1. The van der Waals surface area contributed by atoms with Crippen molar-refractivity contribution in [2.75, 3.05) is 26.4 Å². The third-order valence-corrected chi connectivity index (χ3v) is 9.11. The molecule has 10 nitrogen and oxygen atoms in total. The van der Waals surface area contributed by atoms with Gasteiger partial charge in [-0.3, -0.25) is 18.6 Å². The van der Waals surface area contributed by atoms with Crippen molar-refractivity contribution in [3.05, 3.63) is 60.8 Å². The van der Waals surface area contributed by atoms with Crippen LogP contribution in [-0.4, -0.2) is 65.7 Å². The summed E-state index contributed by atoms with van der Waals surface area (Å²) in [6.07, 6.45) is 40.7. The first-order valence-electron chi connectivity index (χ1n) is 20.2. The molecule has 0 heterocycles. The van der Waals surface area contributed by atoms with Crippen molar-refractivity contribution in [1.82, 2.24) is 0 Å². The van der Waals surface area contributed by atoms with Gasteiger partial charge in [-0.1, -0.05) is 139 Å². The summed E-state index contributed by atoms with van der Waals surface area (Å²) in [5, 5.41) is 18.3. The summed E-state index contributed by atoms with van der Waals surface area (Å²) in [5.41, 5.74) is 0. The van der Waals surface area contributed by atoms with Gasteiger partial charge in [0.15, 0.2) is 6.10 Å². The lowest BCUT2D eigenvalue weighted by molar-refractivity contribution is -0.161. The minimum absolute atomic E-state index is 0.0654. The third-order valence-electron chi connectivity index (χ3n) is 8.16. The standard InChI is InChI=1S/C42H73O10P/c1-3-5-7-9-11-13-15-17-18-19-20-22-23-25-27-29-31-33-41(45)49-37-40(38-51-53(47,48)50-36-39(44)35-43)52-42(46)34-32-30-28-26-24-21-16-14-12-10-8-6-4-2/h17-18,20-22,24-25,27-28,30,39-40,43-44H,3-16,19,23,26,29,31-38H2,1-2H3,(H,47,48)/b18-17+,22-20+,24-21+,27-25+,30-28+/t39-,40?/m0/s1. The van der Waals surface area contributed by atoms with E-state index in [0.717, 1.165) is 32.1 Å². The molecular formula is C42H73O10P. The Labute approximate surface area is 321 Å². The zero-order chi connectivity index (χ0) is 39.1. The summed E-state index contributed by atoms with van der Waals surface area (Å²) in [6, 6.07) is 0. The molecule has 0 rings (SSSR count). The minimum Gasteiger partial charge on any atom is -0.462 e. The fourth-order valence-electron chi connectivity index (χ4n) is 5.00. The second-order valence-corrected chi connectivity index (χ2v) is 14.8. The topological polar surface area (TPSA) is 149 Å². The molecule has 0 saturated carbocycles. The smallest absolute Gasteiger partial charge is 0.462 e. The lowest BCUT2D eigenvalue weighted by Gasteiger charge is -2.20. The quantitative estimate of drug-likeness (QED) is 0.0241. The Bertz CT molecular complexity index is 1070. The van der Waals surface area contributed by atoms with Crippen LogP contribution < -0.4 is 0 Å². The van der Waals surface area contributed by atoms with Gasteiger partial charge in [-0.25, -0.2) is 4.57 Å². The predicted octanol–water partition coefficient (Wildman–Crippen LogP) is 10.3. The molecule has 0 bridgehead atoms. The van der Waals surface area contributed by atoms with Crippen LogP contribution in [0.4, 0.5) is 0 Å². The van der Waals surface area contributed by atoms with E-state index in [1.807, 2.05) is 18.2 Å². The lowest BCUT2D eigenvalue weighted by atomic mass is 10.1. The number of carbonyl (C=O) groups excluding carboxylic acids is 2. The van der Waals surface area contributed by atoms with Crippen LogP contribution in [0.2, 0.25) is 0 Å². The van der Waals surface area contributed by atoms with Gasteiger partial charge >= 0.3 is 19.8 Å². The average molecular weight is 769 g/mol. The van der Waals surface area contributed by atoms with Gasteiger partial charge in [-0.2, -0.15) is 0 Å². The molecule has 0 aromatic heterocycles. The molecule has 0 radical (unpaired) electrons. The van der Waals surface area contributed by atoms with E-state index < -0.39 is 51.8 Å². The average Bonchev–Trinajstić information content (AvgIpc) is 3.14. The second kappa shape index (κ2) is 38.0. The SMILES string of the molecule is CCCCCCCC/C=C/C/C=C/C/C=C/CCCC(=O)OCC(COP(=O)(O)OC[C@@H](O)CO)OC(=O)CC/C=C/C/C=C/CCCCCCCC. The first kappa shape index (κ1) is 50.7. The van der Waals surface area contributed by atoms with E-state index in [9.17, 15) is 24.2 Å². The number of phosphoric acid groups is 1. The van der Waals surface area contributed by atoms with Gasteiger partial charge in [-0.05, 0) is 64.2 Å². The molecule has 0 aliphatic heterocycles. The lowest BCUT2D eigenvalue weighted by Crippen LogP contribution is -2.29. The number of aliphatic hydroxyl groups excluding tert-OH is 2. The molecule has 0 fully saturated rings. The van der Waals surface area contributed by atoms with Gasteiger partial charge in [0, 0.05) is 12.8 Å². The number of ether oxygens (including phenoxy) is 2. The van der Waals surface area contributed by atoms with Crippen LogP contribution in [0.15, 0.2) is 60.8 Å². The van der Waals surface area contributed by atoms with Crippen molar-refractivity contribution >= 4 is 19.8 Å². The van der Waals surface area contributed by atoms with Crippen LogP contribution in [0, 0.1) is 0 Å². The monoisotopic (exact) mass is 768 g/mol. The Balaban J connectivity index is 4.50. The molecule has 0 aromatic rings. The molecule has 11 heteroatoms. The Hall–Kier alpha value is -2.33. The number of rotatable bonds is 37. The number of allylic oxidation sites excluding steroid dienone is 10. The van der Waals surface area contributed by atoms with Crippen molar-refractivity contribution in [3.63, 3.8) is 0 Å². The number of unbranched alkanes of at least 4 members (excludes halogenated alkanes) is 13. The first-order valence-corrected chi connectivity index (χ1v) is 21.7. The molecule has 53 heavy (non-hydrogen) atoms. The van der Waals surface area contributed by atoms with Gasteiger partial charge in [0.1, 0.15) is 12.7 Å². The Morgan fingerprint density at radius 3 is 1.55 bits per heavy atom. The third kappa shape index (κ3) is 37.8. The largest absolute Gasteiger partial charge is 0.472 e. The summed E-state index contributed by atoms with van der Waals surface area (Å²) < 4.78 is 32.5. The number of aliphatic hydroxyl groups is 2. The van der Waals surface area contributed by atoms with E-state index in [4.69, 9.17) is 19.1 Å². The predicted molar refractivity (Wildman–Crippen MR) is 214 cm³/mol. The van der Waals surface area contributed by atoms with E-state index >= 15 is 0 Å². The molecule has 0 spiro atoms. The molecule has 2 unspecified atom stereocenters. The molecule has 0 aromatic carbocycles. The van der Waals surface area contributed by atoms with Crippen LogP contribution in [0.3, 0.4) is 0 Å².